The fraction of sp³-hybridized carbons (Fsp3) is 0.533. The number of aromatic nitrogens is 2. The Labute approximate surface area is 116 Å². The molecule has 3 rings (SSSR count). The van der Waals surface area contributed by atoms with Gasteiger partial charge in [-0.15, -0.1) is 0 Å². The summed E-state index contributed by atoms with van der Waals surface area (Å²) in [5.41, 5.74) is 6.56. The van der Waals surface area contributed by atoms with Crippen LogP contribution in [0.15, 0.2) is 12.1 Å². The number of fused-ring (bicyclic) bond motifs is 1. The number of hydrogen-bond donors (Lipinski definition) is 1. The van der Waals surface area contributed by atoms with Crippen molar-refractivity contribution < 1.29 is 8.78 Å². The van der Waals surface area contributed by atoms with Crippen LogP contribution in [0.4, 0.5) is 14.7 Å². The SMILES string of the molecule is CC(C1CCCCC1)n1c(N)nc2ccc(F)c(F)c21. The molecule has 1 atom stereocenters. The van der Waals surface area contributed by atoms with Crippen LogP contribution in [0.25, 0.3) is 11.0 Å². The average molecular weight is 279 g/mol. The highest BCUT2D eigenvalue weighted by atomic mass is 19.2. The highest BCUT2D eigenvalue weighted by Crippen LogP contribution is 2.36. The third-order valence-electron chi connectivity index (χ3n) is 4.51. The highest BCUT2D eigenvalue weighted by Gasteiger charge is 2.26. The second kappa shape index (κ2) is 5.04. The Kier molecular flexibility index (Phi) is 3.36. The first-order valence-corrected chi connectivity index (χ1v) is 7.21. The summed E-state index contributed by atoms with van der Waals surface area (Å²) in [6.07, 6.45) is 5.86. The Bertz CT molecular complexity index is 630. The van der Waals surface area contributed by atoms with Crippen LogP contribution >= 0.6 is 0 Å². The molecule has 20 heavy (non-hydrogen) atoms. The number of rotatable bonds is 2. The van der Waals surface area contributed by atoms with Crippen LogP contribution in [0, 0.1) is 17.6 Å². The Morgan fingerprint density at radius 3 is 2.65 bits per heavy atom. The largest absolute Gasteiger partial charge is 0.369 e. The minimum atomic E-state index is -0.852. The van der Waals surface area contributed by atoms with Crippen LogP contribution < -0.4 is 5.73 Å². The Hall–Kier alpha value is -1.65. The molecule has 1 heterocycles. The van der Waals surface area contributed by atoms with Gasteiger partial charge in [0.25, 0.3) is 0 Å². The number of anilines is 1. The van der Waals surface area contributed by atoms with Crippen LogP contribution in [-0.4, -0.2) is 9.55 Å². The first kappa shape index (κ1) is 13.3. The first-order chi connectivity index (χ1) is 9.59. The first-order valence-electron chi connectivity index (χ1n) is 7.21. The highest BCUT2D eigenvalue weighted by molar-refractivity contribution is 5.79. The number of nitrogens with zero attached hydrogens (tertiary/aromatic N) is 2. The zero-order valence-electron chi connectivity index (χ0n) is 11.6. The molecule has 0 saturated heterocycles. The van der Waals surface area contributed by atoms with E-state index in [9.17, 15) is 8.78 Å². The van der Waals surface area contributed by atoms with E-state index in [1.54, 1.807) is 4.57 Å². The molecule has 0 aliphatic heterocycles. The maximum atomic E-state index is 14.1. The van der Waals surface area contributed by atoms with E-state index in [-0.39, 0.29) is 17.5 Å². The monoisotopic (exact) mass is 279 g/mol. The Morgan fingerprint density at radius 1 is 1.25 bits per heavy atom. The number of halogens is 2. The minimum absolute atomic E-state index is 0.0385. The molecule has 0 amide bonds. The lowest BCUT2D eigenvalue weighted by molar-refractivity contribution is 0.268. The zero-order valence-corrected chi connectivity index (χ0v) is 11.6. The third-order valence-corrected chi connectivity index (χ3v) is 4.51. The van der Waals surface area contributed by atoms with Crippen molar-refractivity contribution in [2.24, 2.45) is 5.92 Å². The van der Waals surface area contributed by atoms with Gasteiger partial charge in [0, 0.05) is 6.04 Å². The van der Waals surface area contributed by atoms with Crippen molar-refractivity contribution in [1.82, 2.24) is 9.55 Å². The fourth-order valence-corrected chi connectivity index (χ4v) is 3.38. The Balaban J connectivity index is 2.09. The lowest BCUT2D eigenvalue weighted by Gasteiger charge is -2.29. The van der Waals surface area contributed by atoms with E-state index in [2.05, 4.69) is 4.98 Å². The molecule has 2 aromatic rings. The number of benzene rings is 1. The third kappa shape index (κ3) is 2.05. The molecule has 1 aliphatic carbocycles. The van der Waals surface area contributed by atoms with Gasteiger partial charge in [-0.05, 0) is 37.8 Å². The van der Waals surface area contributed by atoms with Gasteiger partial charge < -0.3 is 10.3 Å². The molecular formula is C15H19F2N3. The number of nitrogens with two attached hydrogens (primary N) is 1. The molecule has 0 radical (unpaired) electrons. The summed E-state index contributed by atoms with van der Waals surface area (Å²) in [4.78, 5) is 4.17. The van der Waals surface area contributed by atoms with Crippen molar-refractivity contribution in [3.63, 3.8) is 0 Å². The number of nitrogen functional groups attached to an aromatic ring is 1. The molecule has 0 bridgehead atoms. The predicted molar refractivity (Wildman–Crippen MR) is 75.3 cm³/mol. The summed E-state index contributed by atoms with van der Waals surface area (Å²) in [6.45, 7) is 2.03. The zero-order chi connectivity index (χ0) is 14.3. The smallest absolute Gasteiger partial charge is 0.201 e. The van der Waals surface area contributed by atoms with E-state index in [0.717, 1.165) is 18.9 Å². The van der Waals surface area contributed by atoms with Crippen LogP contribution in [0.5, 0.6) is 0 Å². The van der Waals surface area contributed by atoms with Crippen molar-refractivity contribution in [3.05, 3.63) is 23.8 Å². The van der Waals surface area contributed by atoms with Gasteiger partial charge >= 0.3 is 0 Å². The molecule has 1 saturated carbocycles. The lowest BCUT2D eigenvalue weighted by Crippen LogP contribution is -2.21. The van der Waals surface area contributed by atoms with Gasteiger partial charge in [0.15, 0.2) is 11.6 Å². The van der Waals surface area contributed by atoms with Crippen LogP contribution in [0.3, 0.4) is 0 Å². The molecule has 0 spiro atoms. The minimum Gasteiger partial charge on any atom is -0.369 e. The second-order valence-electron chi connectivity index (χ2n) is 5.71. The average Bonchev–Trinajstić information content (AvgIpc) is 2.80. The van der Waals surface area contributed by atoms with Crippen molar-refractivity contribution in [1.29, 1.82) is 0 Å². The quantitative estimate of drug-likeness (QED) is 0.901. The van der Waals surface area contributed by atoms with Gasteiger partial charge in [0.05, 0.1) is 5.52 Å². The van der Waals surface area contributed by atoms with Gasteiger partial charge in [-0.2, -0.15) is 0 Å². The summed E-state index contributed by atoms with van der Waals surface area (Å²) in [5.74, 6) is -0.988. The van der Waals surface area contributed by atoms with Crippen LogP contribution in [0.1, 0.15) is 45.1 Å². The molecular weight excluding hydrogens is 260 g/mol. The van der Waals surface area contributed by atoms with E-state index < -0.39 is 11.6 Å². The molecule has 1 unspecified atom stereocenters. The van der Waals surface area contributed by atoms with Crippen molar-refractivity contribution in [2.75, 3.05) is 5.73 Å². The van der Waals surface area contributed by atoms with E-state index in [1.807, 2.05) is 6.92 Å². The maximum Gasteiger partial charge on any atom is 0.201 e. The maximum absolute atomic E-state index is 14.1. The van der Waals surface area contributed by atoms with E-state index in [4.69, 9.17) is 5.73 Å². The van der Waals surface area contributed by atoms with Gasteiger partial charge in [-0.1, -0.05) is 19.3 Å². The number of hydrogen-bond acceptors (Lipinski definition) is 2. The van der Waals surface area contributed by atoms with E-state index in [0.29, 0.717) is 11.4 Å². The van der Waals surface area contributed by atoms with Crippen molar-refractivity contribution in [2.45, 2.75) is 45.1 Å². The van der Waals surface area contributed by atoms with Crippen molar-refractivity contribution in [3.8, 4) is 0 Å². The summed E-state index contributed by atoms with van der Waals surface area (Å²) >= 11 is 0. The lowest BCUT2D eigenvalue weighted by atomic mass is 9.84. The summed E-state index contributed by atoms with van der Waals surface area (Å²) < 4.78 is 29.3. The topological polar surface area (TPSA) is 43.8 Å². The number of imidazole rings is 1. The van der Waals surface area contributed by atoms with E-state index >= 15 is 0 Å². The predicted octanol–water partition coefficient (Wildman–Crippen LogP) is 4.04. The van der Waals surface area contributed by atoms with Crippen LogP contribution in [-0.2, 0) is 0 Å². The van der Waals surface area contributed by atoms with E-state index in [1.165, 1.54) is 25.3 Å². The second-order valence-corrected chi connectivity index (χ2v) is 5.71. The molecule has 5 heteroatoms. The van der Waals surface area contributed by atoms with Crippen molar-refractivity contribution >= 4 is 17.0 Å². The molecule has 1 fully saturated rings. The molecule has 108 valence electrons. The normalized spacial score (nSPS) is 18.6. The Morgan fingerprint density at radius 2 is 1.95 bits per heavy atom. The molecule has 3 nitrogen and oxygen atoms in total. The molecule has 1 aromatic carbocycles. The molecule has 1 aliphatic rings. The molecule has 1 aromatic heterocycles. The summed E-state index contributed by atoms with van der Waals surface area (Å²) in [6, 6.07) is 2.62. The summed E-state index contributed by atoms with van der Waals surface area (Å²) in [5, 5.41) is 0. The standard InChI is InChI=1S/C15H19F2N3/c1-9(10-5-3-2-4-6-10)20-14-12(19-15(20)18)8-7-11(16)13(14)17/h7-10H,2-6H2,1H3,(H2,18,19). The fourth-order valence-electron chi connectivity index (χ4n) is 3.38. The van der Waals surface area contributed by atoms with Crippen LogP contribution in [0.2, 0.25) is 0 Å². The molecule has 2 N–H and O–H groups in total. The van der Waals surface area contributed by atoms with Gasteiger partial charge in [0.1, 0.15) is 5.52 Å². The summed E-state index contributed by atoms with van der Waals surface area (Å²) in [7, 11) is 0. The van der Waals surface area contributed by atoms with Gasteiger partial charge in [0.2, 0.25) is 5.95 Å². The van der Waals surface area contributed by atoms with Gasteiger partial charge in [-0.25, -0.2) is 13.8 Å². The van der Waals surface area contributed by atoms with Gasteiger partial charge in [-0.3, -0.25) is 0 Å².